The molecule has 2 N–H and O–H groups in total. The second kappa shape index (κ2) is 7.43. The van der Waals surface area contributed by atoms with Gasteiger partial charge in [0.15, 0.2) is 0 Å². The van der Waals surface area contributed by atoms with E-state index in [-0.39, 0.29) is 18.4 Å². The monoisotopic (exact) mass is 356 g/mol. The average Bonchev–Trinajstić information content (AvgIpc) is 3.30. The molecule has 1 aromatic heterocycles. The normalized spacial score (nSPS) is 14.3. The van der Waals surface area contributed by atoms with E-state index in [2.05, 4.69) is 10.6 Å². The first-order valence-electron chi connectivity index (χ1n) is 8.44. The molecule has 2 amide bonds. The molecule has 0 aliphatic heterocycles. The molecule has 1 saturated carbocycles. The summed E-state index contributed by atoms with van der Waals surface area (Å²) in [6, 6.07) is 9.86. The molecule has 26 heavy (non-hydrogen) atoms. The number of nitrogens with one attached hydrogen (secondary N) is 2. The molecular formula is C19H20N2O5. The molecule has 0 atom stereocenters. The molecule has 1 aliphatic rings. The molecule has 0 unspecified atom stereocenters. The van der Waals surface area contributed by atoms with Gasteiger partial charge in [-0.25, -0.2) is 4.79 Å². The van der Waals surface area contributed by atoms with Gasteiger partial charge in [0.25, 0.3) is 0 Å². The largest absolute Gasteiger partial charge is 0.467 e. The van der Waals surface area contributed by atoms with Crippen LogP contribution < -0.4 is 10.6 Å². The summed E-state index contributed by atoms with van der Waals surface area (Å²) in [5.74, 6) is -0.446. The second-order valence-corrected chi connectivity index (χ2v) is 6.10. The fourth-order valence-corrected chi connectivity index (χ4v) is 2.59. The van der Waals surface area contributed by atoms with Crippen molar-refractivity contribution in [2.45, 2.75) is 26.3 Å². The van der Waals surface area contributed by atoms with Crippen LogP contribution in [-0.4, -0.2) is 24.4 Å². The predicted molar refractivity (Wildman–Crippen MR) is 93.2 cm³/mol. The molecule has 1 aliphatic carbocycles. The minimum Gasteiger partial charge on any atom is -0.467 e. The van der Waals surface area contributed by atoms with Gasteiger partial charge in [0.05, 0.1) is 25.0 Å². The lowest BCUT2D eigenvalue weighted by molar-refractivity contribution is -0.134. The highest BCUT2D eigenvalue weighted by Gasteiger charge is 2.56. The van der Waals surface area contributed by atoms with Crippen molar-refractivity contribution in [3.63, 3.8) is 0 Å². The Hall–Kier alpha value is -3.09. The summed E-state index contributed by atoms with van der Waals surface area (Å²) in [5.41, 5.74) is -0.109. The first kappa shape index (κ1) is 17.7. The van der Waals surface area contributed by atoms with E-state index in [1.807, 2.05) is 0 Å². The number of ether oxygens (including phenoxy) is 1. The smallest absolute Gasteiger partial charge is 0.338 e. The van der Waals surface area contributed by atoms with Crippen LogP contribution in [-0.2, 0) is 20.9 Å². The van der Waals surface area contributed by atoms with E-state index in [4.69, 9.17) is 9.15 Å². The summed E-state index contributed by atoms with van der Waals surface area (Å²) in [5, 5.41) is 5.48. The Morgan fingerprint density at radius 1 is 1.12 bits per heavy atom. The van der Waals surface area contributed by atoms with E-state index in [9.17, 15) is 14.4 Å². The highest BCUT2D eigenvalue weighted by Crippen LogP contribution is 2.46. The fraction of sp³-hybridized carbons (Fsp3) is 0.316. The van der Waals surface area contributed by atoms with Crippen molar-refractivity contribution in [3.8, 4) is 0 Å². The number of anilines is 1. The highest BCUT2D eigenvalue weighted by atomic mass is 16.5. The Bertz CT molecular complexity index is 792. The van der Waals surface area contributed by atoms with Crippen LogP contribution in [0, 0.1) is 5.41 Å². The second-order valence-electron chi connectivity index (χ2n) is 6.10. The third kappa shape index (κ3) is 3.77. The zero-order valence-corrected chi connectivity index (χ0v) is 14.4. The van der Waals surface area contributed by atoms with Crippen LogP contribution in [0.4, 0.5) is 5.69 Å². The van der Waals surface area contributed by atoms with Gasteiger partial charge < -0.3 is 19.8 Å². The topological polar surface area (TPSA) is 97.6 Å². The van der Waals surface area contributed by atoms with Crippen molar-refractivity contribution in [2.24, 2.45) is 5.41 Å². The molecule has 0 radical (unpaired) electrons. The number of hydrogen-bond donors (Lipinski definition) is 2. The zero-order chi connectivity index (χ0) is 18.6. The lowest BCUT2D eigenvalue weighted by Crippen LogP contribution is -2.39. The van der Waals surface area contributed by atoms with E-state index < -0.39 is 11.4 Å². The van der Waals surface area contributed by atoms with Crippen molar-refractivity contribution >= 4 is 23.5 Å². The Balaban J connectivity index is 1.58. The molecule has 0 bridgehead atoms. The van der Waals surface area contributed by atoms with Crippen LogP contribution in [0.3, 0.4) is 0 Å². The number of hydrogen-bond acceptors (Lipinski definition) is 5. The Labute approximate surface area is 150 Å². The average molecular weight is 356 g/mol. The van der Waals surface area contributed by atoms with Crippen molar-refractivity contribution in [2.75, 3.05) is 11.9 Å². The molecule has 1 heterocycles. The summed E-state index contributed by atoms with van der Waals surface area (Å²) < 4.78 is 10.1. The molecule has 136 valence electrons. The maximum atomic E-state index is 12.5. The van der Waals surface area contributed by atoms with E-state index in [0.717, 1.165) is 0 Å². The van der Waals surface area contributed by atoms with Crippen LogP contribution in [0.25, 0.3) is 0 Å². The molecule has 7 heteroatoms. The van der Waals surface area contributed by atoms with Gasteiger partial charge in [0, 0.05) is 5.69 Å². The van der Waals surface area contributed by atoms with Gasteiger partial charge in [0.2, 0.25) is 11.8 Å². The molecule has 2 aromatic rings. The first-order valence-corrected chi connectivity index (χ1v) is 8.44. The quantitative estimate of drug-likeness (QED) is 0.587. The van der Waals surface area contributed by atoms with Gasteiger partial charge in [-0.3, -0.25) is 9.59 Å². The van der Waals surface area contributed by atoms with Crippen molar-refractivity contribution in [3.05, 3.63) is 54.0 Å². The van der Waals surface area contributed by atoms with Gasteiger partial charge in [-0.1, -0.05) is 0 Å². The number of carbonyl (C=O) groups is 3. The predicted octanol–water partition coefficient (Wildman–Crippen LogP) is 2.49. The van der Waals surface area contributed by atoms with Gasteiger partial charge in [-0.05, 0) is 56.2 Å². The third-order valence-corrected chi connectivity index (χ3v) is 4.28. The van der Waals surface area contributed by atoms with Gasteiger partial charge in [-0.15, -0.1) is 0 Å². The summed E-state index contributed by atoms with van der Waals surface area (Å²) >= 11 is 0. The van der Waals surface area contributed by atoms with Crippen LogP contribution in [0.1, 0.15) is 35.9 Å². The number of furan rings is 1. The zero-order valence-electron chi connectivity index (χ0n) is 14.4. The fourth-order valence-electron chi connectivity index (χ4n) is 2.59. The van der Waals surface area contributed by atoms with E-state index in [1.165, 1.54) is 6.26 Å². The van der Waals surface area contributed by atoms with Gasteiger partial charge in [0.1, 0.15) is 11.2 Å². The standard InChI is InChI=1S/C19H20N2O5/c1-2-25-16(22)13-5-7-14(8-6-13)21-18(24)19(9-10-19)17(23)20-12-15-4-3-11-26-15/h3-8,11H,2,9-10,12H2,1H3,(H,20,23)(H,21,24). The Kier molecular flexibility index (Phi) is 5.06. The highest BCUT2D eigenvalue weighted by molar-refractivity contribution is 6.13. The van der Waals surface area contributed by atoms with Gasteiger partial charge >= 0.3 is 5.97 Å². The van der Waals surface area contributed by atoms with Crippen molar-refractivity contribution in [1.82, 2.24) is 5.32 Å². The molecule has 1 fully saturated rings. The van der Waals surface area contributed by atoms with E-state index in [0.29, 0.717) is 36.5 Å². The van der Waals surface area contributed by atoms with Crippen molar-refractivity contribution in [1.29, 1.82) is 0 Å². The van der Waals surface area contributed by atoms with Gasteiger partial charge in [-0.2, -0.15) is 0 Å². The maximum Gasteiger partial charge on any atom is 0.338 e. The minimum atomic E-state index is -1.04. The number of carbonyl (C=O) groups excluding carboxylic acids is 3. The summed E-state index contributed by atoms with van der Waals surface area (Å²) in [6.07, 6.45) is 2.54. The molecule has 3 rings (SSSR count). The summed E-state index contributed by atoms with van der Waals surface area (Å²) in [4.78, 5) is 36.6. The molecule has 0 spiro atoms. The van der Waals surface area contributed by atoms with Crippen LogP contribution in [0.2, 0.25) is 0 Å². The Morgan fingerprint density at radius 2 is 1.85 bits per heavy atom. The lowest BCUT2D eigenvalue weighted by Gasteiger charge is -2.15. The Morgan fingerprint density at radius 3 is 2.42 bits per heavy atom. The summed E-state index contributed by atoms with van der Waals surface area (Å²) in [7, 11) is 0. The van der Waals surface area contributed by atoms with Crippen molar-refractivity contribution < 1.29 is 23.5 Å². The molecule has 1 aromatic carbocycles. The lowest BCUT2D eigenvalue weighted by atomic mass is 10.0. The number of rotatable bonds is 7. The molecule has 7 nitrogen and oxygen atoms in total. The summed E-state index contributed by atoms with van der Waals surface area (Å²) in [6.45, 7) is 2.28. The van der Waals surface area contributed by atoms with E-state index in [1.54, 1.807) is 43.3 Å². The first-order chi connectivity index (χ1) is 12.5. The number of amides is 2. The number of benzene rings is 1. The number of esters is 1. The third-order valence-electron chi connectivity index (χ3n) is 4.28. The maximum absolute atomic E-state index is 12.5. The minimum absolute atomic E-state index is 0.245. The molecular weight excluding hydrogens is 336 g/mol. The van der Waals surface area contributed by atoms with Crippen LogP contribution in [0.15, 0.2) is 47.1 Å². The van der Waals surface area contributed by atoms with E-state index >= 15 is 0 Å². The van der Waals surface area contributed by atoms with Crippen LogP contribution >= 0.6 is 0 Å². The van der Waals surface area contributed by atoms with Crippen LogP contribution in [0.5, 0.6) is 0 Å². The molecule has 0 saturated heterocycles. The SMILES string of the molecule is CCOC(=O)c1ccc(NC(=O)C2(C(=O)NCc3ccco3)CC2)cc1.